The van der Waals surface area contributed by atoms with E-state index in [0.29, 0.717) is 11.1 Å². The van der Waals surface area contributed by atoms with Crippen LogP contribution in [0.15, 0.2) is 0 Å². The maximum absolute atomic E-state index is 5.57. The van der Waals surface area contributed by atoms with Gasteiger partial charge < -0.3 is 15.4 Å². The van der Waals surface area contributed by atoms with Crippen molar-refractivity contribution < 1.29 is 4.74 Å². The summed E-state index contributed by atoms with van der Waals surface area (Å²) in [7, 11) is 2.09. The zero-order valence-corrected chi connectivity index (χ0v) is 9.85. The highest BCUT2D eigenvalue weighted by Gasteiger charge is 2.18. The van der Waals surface area contributed by atoms with Crippen molar-refractivity contribution in [2.75, 3.05) is 26.7 Å². The summed E-state index contributed by atoms with van der Waals surface area (Å²) in [5.74, 6) is 0.288. The van der Waals surface area contributed by atoms with Crippen molar-refractivity contribution in [2.24, 2.45) is 11.7 Å². The molecule has 14 heavy (non-hydrogen) atoms. The Morgan fingerprint density at radius 3 is 2.93 bits per heavy atom. The standard InChI is InChI=1S/C10H20N2OS/c1-8(10(11)14)6-12(2)7-9-4-3-5-13-9/h8-9H,3-7H2,1-2H3,(H2,11,14). The lowest BCUT2D eigenvalue weighted by Gasteiger charge is -2.23. The maximum atomic E-state index is 5.57. The first-order chi connectivity index (χ1) is 6.59. The molecular formula is C10H20N2OS. The Hall–Kier alpha value is -0.190. The predicted molar refractivity (Wildman–Crippen MR) is 62.4 cm³/mol. The Morgan fingerprint density at radius 1 is 1.71 bits per heavy atom. The van der Waals surface area contributed by atoms with Gasteiger partial charge in [0.15, 0.2) is 0 Å². The van der Waals surface area contributed by atoms with Gasteiger partial charge in [0.25, 0.3) is 0 Å². The summed E-state index contributed by atoms with van der Waals surface area (Å²) in [6, 6.07) is 0. The number of thiocarbonyl (C=S) groups is 1. The number of ether oxygens (including phenoxy) is 1. The first-order valence-electron chi connectivity index (χ1n) is 5.19. The average molecular weight is 216 g/mol. The van der Waals surface area contributed by atoms with Crippen molar-refractivity contribution in [3.63, 3.8) is 0 Å². The number of rotatable bonds is 5. The fourth-order valence-electron chi connectivity index (χ4n) is 1.77. The molecule has 2 N–H and O–H groups in total. The van der Waals surface area contributed by atoms with Crippen LogP contribution in [0.1, 0.15) is 19.8 Å². The molecule has 1 saturated heterocycles. The summed E-state index contributed by atoms with van der Waals surface area (Å²) in [4.78, 5) is 2.85. The lowest BCUT2D eigenvalue weighted by atomic mass is 10.1. The minimum atomic E-state index is 0.288. The van der Waals surface area contributed by atoms with Gasteiger partial charge in [-0.2, -0.15) is 0 Å². The summed E-state index contributed by atoms with van der Waals surface area (Å²) in [6.45, 7) is 4.90. The second-order valence-electron chi connectivity index (χ2n) is 4.16. The van der Waals surface area contributed by atoms with Gasteiger partial charge in [0, 0.05) is 25.6 Å². The Balaban J connectivity index is 2.20. The highest BCUT2D eigenvalue weighted by Crippen LogP contribution is 2.13. The van der Waals surface area contributed by atoms with Crippen LogP contribution in [0.2, 0.25) is 0 Å². The smallest absolute Gasteiger partial charge is 0.0768 e. The van der Waals surface area contributed by atoms with Gasteiger partial charge in [-0.15, -0.1) is 0 Å². The molecule has 1 rings (SSSR count). The highest BCUT2D eigenvalue weighted by molar-refractivity contribution is 7.80. The van der Waals surface area contributed by atoms with Gasteiger partial charge in [-0.25, -0.2) is 0 Å². The first kappa shape index (κ1) is 11.9. The van der Waals surface area contributed by atoms with Crippen LogP contribution in [-0.4, -0.2) is 42.7 Å². The minimum absolute atomic E-state index is 0.288. The van der Waals surface area contributed by atoms with E-state index in [4.69, 9.17) is 22.7 Å². The molecule has 0 spiro atoms. The normalized spacial score (nSPS) is 24.1. The fraction of sp³-hybridized carbons (Fsp3) is 0.900. The molecule has 0 amide bonds. The molecule has 4 heteroatoms. The van der Waals surface area contributed by atoms with Crippen molar-refractivity contribution in [1.29, 1.82) is 0 Å². The zero-order valence-electron chi connectivity index (χ0n) is 9.03. The monoisotopic (exact) mass is 216 g/mol. The van der Waals surface area contributed by atoms with Crippen LogP contribution in [0.5, 0.6) is 0 Å². The van der Waals surface area contributed by atoms with Gasteiger partial charge in [0.1, 0.15) is 0 Å². The Kier molecular flexibility index (Phi) is 4.78. The molecule has 0 aliphatic carbocycles. The average Bonchev–Trinajstić information content (AvgIpc) is 2.56. The van der Waals surface area contributed by atoms with Crippen molar-refractivity contribution in [3.8, 4) is 0 Å². The number of hydrogen-bond acceptors (Lipinski definition) is 3. The van der Waals surface area contributed by atoms with E-state index in [1.54, 1.807) is 0 Å². The van der Waals surface area contributed by atoms with E-state index >= 15 is 0 Å². The van der Waals surface area contributed by atoms with E-state index in [0.717, 1.165) is 19.7 Å². The SMILES string of the molecule is CC(CN(C)CC1CCCO1)C(N)=S. The topological polar surface area (TPSA) is 38.5 Å². The lowest BCUT2D eigenvalue weighted by Crippen LogP contribution is -2.35. The molecule has 0 radical (unpaired) electrons. The molecule has 1 aliphatic heterocycles. The Morgan fingerprint density at radius 2 is 2.43 bits per heavy atom. The summed E-state index contributed by atoms with van der Waals surface area (Å²) in [6.07, 6.45) is 2.80. The number of likely N-dealkylation sites (N-methyl/N-ethyl adjacent to an activating group) is 1. The third-order valence-corrected chi connectivity index (χ3v) is 3.01. The van der Waals surface area contributed by atoms with Crippen LogP contribution in [0.4, 0.5) is 0 Å². The van der Waals surface area contributed by atoms with Gasteiger partial charge >= 0.3 is 0 Å². The third kappa shape index (κ3) is 3.90. The van der Waals surface area contributed by atoms with E-state index in [1.807, 2.05) is 0 Å². The summed E-state index contributed by atoms with van der Waals surface area (Å²) in [5, 5.41) is 0. The molecule has 1 heterocycles. The third-order valence-electron chi connectivity index (χ3n) is 2.61. The van der Waals surface area contributed by atoms with Crippen LogP contribution in [0.3, 0.4) is 0 Å². The molecule has 0 saturated carbocycles. The molecule has 0 aromatic carbocycles. The molecular weight excluding hydrogens is 196 g/mol. The molecule has 1 fully saturated rings. The van der Waals surface area contributed by atoms with Crippen molar-refractivity contribution >= 4 is 17.2 Å². The van der Waals surface area contributed by atoms with Gasteiger partial charge in [0.2, 0.25) is 0 Å². The first-order valence-corrected chi connectivity index (χ1v) is 5.60. The van der Waals surface area contributed by atoms with Crippen molar-refractivity contribution in [1.82, 2.24) is 4.90 Å². The quantitative estimate of drug-likeness (QED) is 0.696. The van der Waals surface area contributed by atoms with Gasteiger partial charge in [-0.3, -0.25) is 0 Å². The van der Waals surface area contributed by atoms with E-state index < -0.39 is 0 Å². The minimum Gasteiger partial charge on any atom is -0.393 e. The number of nitrogens with two attached hydrogens (primary N) is 1. The van der Waals surface area contributed by atoms with Gasteiger partial charge in [0.05, 0.1) is 11.1 Å². The van der Waals surface area contributed by atoms with Crippen LogP contribution in [-0.2, 0) is 4.74 Å². The Labute approximate surface area is 91.6 Å². The molecule has 3 nitrogen and oxygen atoms in total. The van der Waals surface area contributed by atoms with Crippen molar-refractivity contribution in [3.05, 3.63) is 0 Å². The lowest BCUT2D eigenvalue weighted by molar-refractivity contribution is 0.0796. The summed E-state index contributed by atoms with van der Waals surface area (Å²) in [5.41, 5.74) is 5.57. The molecule has 1 aliphatic rings. The van der Waals surface area contributed by atoms with Crippen molar-refractivity contribution in [2.45, 2.75) is 25.9 Å². The second-order valence-corrected chi connectivity index (χ2v) is 4.63. The van der Waals surface area contributed by atoms with E-state index in [2.05, 4.69) is 18.9 Å². The van der Waals surface area contributed by atoms with Crippen LogP contribution >= 0.6 is 12.2 Å². The fourth-order valence-corrected chi connectivity index (χ4v) is 1.84. The molecule has 2 unspecified atom stereocenters. The van der Waals surface area contributed by atoms with Crippen LogP contribution < -0.4 is 5.73 Å². The van der Waals surface area contributed by atoms with Gasteiger partial charge in [-0.05, 0) is 19.9 Å². The van der Waals surface area contributed by atoms with Gasteiger partial charge in [-0.1, -0.05) is 19.1 Å². The molecule has 0 aromatic rings. The molecule has 2 atom stereocenters. The number of hydrogen-bond donors (Lipinski definition) is 1. The molecule has 0 aromatic heterocycles. The maximum Gasteiger partial charge on any atom is 0.0768 e. The molecule has 82 valence electrons. The zero-order chi connectivity index (χ0) is 10.6. The summed E-state index contributed by atoms with van der Waals surface area (Å²) >= 11 is 4.94. The predicted octanol–water partition coefficient (Wildman–Crippen LogP) is 1.02. The Bertz CT molecular complexity index is 193. The number of nitrogens with zero attached hydrogens (tertiary/aromatic N) is 1. The van der Waals surface area contributed by atoms with E-state index in [1.165, 1.54) is 12.8 Å². The highest BCUT2D eigenvalue weighted by atomic mass is 32.1. The van der Waals surface area contributed by atoms with Crippen LogP contribution in [0.25, 0.3) is 0 Å². The van der Waals surface area contributed by atoms with Crippen LogP contribution in [0, 0.1) is 5.92 Å². The second kappa shape index (κ2) is 5.63. The molecule has 0 bridgehead atoms. The largest absolute Gasteiger partial charge is 0.393 e. The van der Waals surface area contributed by atoms with E-state index in [9.17, 15) is 0 Å². The summed E-state index contributed by atoms with van der Waals surface area (Å²) < 4.78 is 5.56. The van der Waals surface area contributed by atoms with E-state index in [-0.39, 0.29) is 5.92 Å².